The van der Waals surface area contributed by atoms with Crippen LogP contribution in [0.1, 0.15) is 25.7 Å². The average Bonchev–Trinajstić information content (AvgIpc) is 3.16. The molecule has 25 heavy (non-hydrogen) atoms. The van der Waals surface area contributed by atoms with Gasteiger partial charge in [-0.2, -0.15) is 0 Å². The van der Waals surface area contributed by atoms with Gasteiger partial charge in [-0.25, -0.2) is 0 Å². The Bertz CT molecular complexity index is 771. The second-order valence-corrected chi connectivity index (χ2v) is 7.26. The number of nitrogens with zero attached hydrogens (tertiary/aromatic N) is 1. The highest BCUT2D eigenvalue weighted by Gasteiger charge is 2.16. The van der Waals surface area contributed by atoms with Crippen molar-refractivity contribution >= 4 is 28.6 Å². The molecule has 0 aliphatic heterocycles. The lowest BCUT2D eigenvalue weighted by molar-refractivity contribution is -0.118. The molecule has 1 heterocycles. The molecule has 1 aliphatic carbocycles. The summed E-state index contributed by atoms with van der Waals surface area (Å²) in [4.78, 5) is 16.1. The van der Waals surface area contributed by atoms with Crippen molar-refractivity contribution < 1.29 is 9.53 Å². The second-order valence-electron chi connectivity index (χ2n) is 5.97. The largest absolute Gasteiger partial charge is 0.479 e. The third-order valence-corrected chi connectivity index (χ3v) is 5.52. The molecule has 4 nitrogen and oxygen atoms in total. The van der Waals surface area contributed by atoms with Gasteiger partial charge >= 0.3 is 0 Å². The number of ether oxygens (including phenoxy) is 1. The molecule has 1 aliphatic rings. The lowest BCUT2D eigenvalue weighted by Gasteiger charge is -2.07. The van der Waals surface area contributed by atoms with Crippen LogP contribution in [-0.4, -0.2) is 35.0 Å². The van der Waals surface area contributed by atoms with E-state index in [1.807, 2.05) is 30.3 Å². The summed E-state index contributed by atoms with van der Waals surface area (Å²) >= 11 is 1.77. The van der Waals surface area contributed by atoms with E-state index in [2.05, 4.69) is 22.1 Å². The summed E-state index contributed by atoms with van der Waals surface area (Å²) in [5, 5.41) is 4.54. The number of thioether (sulfide) groups is 1. The fourth-order valence-corrected chi connectivity index (χ4v) is 4.02. The van der Waals surface area contributed by atoms with Crippen LogP contribution in [0.25, 0.3) is 10.9 Å². The Morgan fingerprint density at radius 3 is 2.96 bits per heavy atom. The van der Waals surface area contributed by atoms with Crippen LogP contribution in [0.2, 0.25) is 0 Å². The first kappa shape index (κ1) is 17.6. The van der Waals surface area contributed by atoms with E-state index in [1.54, 1.807) is 18.0 Å². The molecule has 130 valence electrons. The minimum Gasteiger partial charge on any atom is -0.479 e. The van der Waals surface area contributed by atoms with Crippen molar-refractivity contribution in [1.29, 1.82) is 0 Å². The summed E-state index contributed by atoms with van der Waals surface area (Å²) in [6.07, 6.45) is 6.85. The van der Waals surface area contributed by atoms with Gasteiger partial charge in [0.2, 0.25) is 5.91 Å². The van der Waals surface area contributed by atoms with E-state index >= 15 is 0 Å². The number of rotatable bonds is 6. The predicted molar refractivity (Wildman–Crippen MR) is 103 cm³/mol. The number of benzene rings is 1. The average molecular weight is 354 g/mol. The molecule has 2 aromatic rings. The fourth-order valence-electron chi connectivity index (χ4n) is 2.86. The molecule has 1 amide bonds. The number of nitrogens with one attached hydrogen (secondary N) is 1. The van der Waals surface area contributed by atoms with Gasteiger partial charge in [-0.05, 0) is 25.0 Å². The highest BCUT2D eigenvalue weighted by molar-refractivity contribution is 8.00. The Morgan fingerprint density at radius 1 is 1.24 bits per heavy atom. The van der Waals surface area contributed by atoms with Crippen LogP contribution in [0, 0.1) is 11.8 Å². The van der Waals surface area contributed by atoms with Crippen LogP contribution < -0.4 is 10.1 Å². The Balaban J connectivity index is 1.37. The molecular formula is C20H22N2O2S. The summed E-state index contributed by atoms with van der Waals surface area (Å²) in [6, 6.07) is 9.73. The molecule has 1 N–H and O–H groups in total. The van der Waals surface area contributed by atoms with Crippen molar-refractivity contribution in [2.75, 3.05) is 18.9 Å². The molecule has 0 atom stereocenters. The standard InChI is InChI=1S/C20H22N2O2S/c23-19(15-25-17-9-1-2-10-17)21-12-3-4-14-24-18-11-5-7-16-8-6-13-22-20(16)18/h5-8,11,13,17H,1-2,9-10,12,14-15H2,(H,21,23). The first-order valence-electron chi connectivity index (χ1n) is 8.63. The molecule has 0 bridgehead atoms. The molecule has 0 unspecified atom stereocenters. The van der Waals surface area contributed by atoms with Crippen molar-refractivity contribution in [1.82, 2.24) is 10.3 Å². The molecule has 5 heteroatoms. The van der Waals surface area contributed by atoms with Crippen molar-refractivity contribution in [3.05, 3.63) is 36.5 Å². The molecule has 1 aromatic carbocycles. The van der Waals surface area contributed by atoms with Gasteiger partial charge in [0, 0.05) is 16.8 Å². The topological polar surface area (TPSA) is 51.2 Å². The number of hydrogen-bond donors (Lipinski definition) is 1. The normalized spacial score (nSPS) is 14.1. The number of hydrogen-bond acceptors (Lipinski definition) is 4. The quantitative estimate of drug-likeness (QED) is 0.808. The van der Waals surface area contributed by atoms with Gasteiger partial charge in [-0.15, -0.1) is 11.8 Å². The molecule has 3 rings (SSSR count). The van der Waals surface area contributed by atoms with Crippen molar-refractivity contribution in [3.63, 3.8) is 0 Å². The molecule has 1 aromatic heterocycles. The second kappa shape index (κ2) is 9.33. The van der Waals surface area contributed by atoms with Crippen LogP contribution >= 0.6 is 11.8 Å². The lowest BCUT2D eigenvalue weighted by Crippen LogP contribution is -2.26. The number of para-hydroxylation sites is 1. The van der Waals surface area contributed by atoms with E-state index in [4.69, 9.17) is 4.74 Å². The maximum Gasteiger partial charge on any atom is 0.230 e. The molecule has 1 fully saturated rings. The zero-order valence-electron chi connectivity index (χ0n) is 14.2. The SMILES string of the molecule is O=C(CSC1CCCC1)NCC#CCOc1cccc2cccnc12. The molecule has 0 spiro atoms. The van der Waals surface area contributed by atoms with Crippen molar-refractivity contribution in [2.24, 2.45) is 0 Å². The summed E-state index contributed by atoms with van der Waals surface area (Å²) in [6.45, 7) is 0.642. The molecule has 0 saturated heterocycles. The van der Waals surface area contributed by atoms with E-state index in [0.29, 0.717) is 17.5 Å². The lowest BCUT2D eigenvalue weighted by atomic mass is 10.2. The monoisotopic (exact) mass is 354 g/mol. The van der Waals surface area contributed by atoms with Gasteiger partial charge in [0.25, 0.3) is 0 Å². The van der Waals surface area contributed by atoms with Crippen LogP contribution in [0.15, 0.2) is 36.5 Å². The number of fused-ring (bicyclic) bond motifs is 1. The number of aromatic nitrogens is 1. The first-order valence-corrected chi connectivity index (χ1v) is 9.68. The third-order valence-electron chi connectivity index (χ3n) is 4.15. The summed E-state index contributed by atoms with van der Waals surface area (Å²) in [5.41, 5.74) is 0.837. The highest BCUT2D eigenvalue weighted by atomic mass is 32.2. The summed E-state index contributed by atoms with van der Waals surface area (Å²) in [5.74, 6) is 7.17. The summed E-state index contributed by atoms with van der Waals surface area (Å²) < 4.78 is 5.69. The maximum absolute atomic E-state index is 11.8. The first-order chi connectivity index (χ1) is 12.3. The number of amides is 1. The van der Waals surface area contributed by atoms with Gasteiger partial charge in [0.1, 0.15) is 17.9 Å². The molecule has 0 radical (unpaired) electrons. The van der Waals surface area contributed by atoms with Gasteiger partial charge < -0.3 is 10.1 Å². The number of carbonyl (C=O) groups excluding carboxylic acids is 1. The number of carbonyl (C=O) groups is 1. The van der Waals surface area contributed by atoms with Crippen molar-refractivity contribution in [2.45, 2.75) is 30.9 Å². The van der Waals surface area contributed by atoms with Gasteiger partial charge in [-0.1, -0.05) is 42.9 Å². The Kier molecular flexibility index (Phi) is 6.58. The van der Waals surface area contributed by atoms with E-state index in [9.17, 15) is 4.79 Å². The minimum absolute atomic E-state index is 0.0605. The van der Waals surface area contributed by atoms with Gasteiger partial charge in [0.05, 0.1) is 12.3 Å². The van der Waals surface area contributed by atoms with E-state index in [-0.39, 0.29) is 12.5 Å². The van der Waals surface area contributed by atoms with Crippen LogP contribution in [0.5, 0.6) is 5.75 Å². The maximum atomic E-state index is 11.8. The minimum atomic E-state index is 0.0605. The van der Waals surface area contributed by atoms with Crippen LogP contribution in [0.3, 0.4) is 0 Å². The molecular weight excluding hydrogens is 332 g/mol. The van der Waals surface area contributed by atoms with Gasteiger partial charge in [0.15, 0.2) is 0 Å². The number of pyridine rings is 1. The molecule has 1 saturated carbocycles. The summed E-state index contributed by atoms with van der Waals surface area (Å²) in [7, 11) is 0. The smallest absolute Gasteiger partial charge is 0.230 e. The van der Waals surface area contributed by atoms with E-state index in [1.165, 1.54) is 25.7 Å². The van der Waals surface area contributed by atoms with Crippen molar-refractivity contribution in [3.8, 4) is 17.6 Å². The zero-order valence-corrected chi connectivity index (χ0v) is 15.0. The van der Waals surface area contributed by atoms with Crippen LogP contribution in [0.4, 0.5) is 0 Å². The highest BCUT2D eigenvalue weighted by Crippen LogP contribution is 2.29. The third kappa shape index (κ3) is 5.40. The van der Waals surface area contributed by atoms with Crippen LogP contribution in [-0.2, 0) is 4.79 Å². The Hall–Kier alpha value is -2.19. The van der Waals surface area contributed by atoms with Gasteiger partial charge in [-0.3, -0.25) is 9.78 Å². The Labute approximate surface area is 152 Å². The predicted octanol–water partition coefficient (Wildman–Crippen LogP) is 3.41. The zero-order chi connectivity index (χ0) is 17.3. The fraction of sp³-hybridized carbons (Fsp3) is 0.400. The van der Waals surface area contributed by atoms with E-state index in [0.717, 1.165) is 16.7 Å². The van der Waals surface area contributed by atoms with E-state index < -0.39 is 0 Å². The Morgan fingerprint density at radius 2 is 2.08 bits per heavy atom.